The van der Waals surface area contributed by atoms with Crippen molar-refractivity contribution in [3.63, 3.8) is 0 Å². The Morgan fingerprint density at radius 1 is 0.219 bits per heavy atom. The molecule has 0 unspecified atom stereocenters. The van der Waals surface area contributed by atoms with Gasteiger partial charge in [0.2, 0.25) is 0 Å². The summed E-state index contributed by atoms with van der Waals surface area (Å²) >= 11 is 3.80. The minimum atomic E-state index is 1.25. The molecule has 0 atom stereocenters. The van der Waals surface area contributed by atoms with Gasteiger partial charge in [-0.3, -0.25) is 0 Å². The van der Waals surface area contributed by atoms with E-state index in [2.05, 4.69) is 194 Å². The summed E-state index contributed by atoms with van der Waals surface area (Å²) < 4.78 is 5.32. The van der Waals surface area contributed by atoms with E-state index < -0.39 is 0 Å². The lowest BCUT2D eigenvalue weighted by Crippen LogP contribution is -1.92. The maximum atomic E-state index is 2.54. The molecule has 2 heteroatoms. The normalized spacial score (nSPS) is 12.7. The van der Waals surface area contributed by atoms with Crippen molar-refractivity contribution < 1.29 is 0 Å². The average Bonchev–Trinajstić information content (AvgIpc) is 4.09. The van der Waals surface area contributed by atoms with Gasteiger partial charge in [0.15, 0.2) is 0 Å². The third kappa shape index (κ3) is 4.32. The fraction of sp³-hybridized carbons (Fsp3) is 0. The highest BCUT2D eigenvalue weighted by Crippen LogP contribution is 2.56. The topological polar surface area (TPSA) is 0 Å². The first kappa shape index (κ1) is 33.9. The molecule has 292 valence electrons. The van der Waals surface area contributed by atoms with Gasteiger partial charge >= 0.3 is 0 Å². The monoisotopic (exact) mass is 840 g/mol. The first-order valence-electron chi connectivity index (χ1n) is 22.1. The van der Waals surface area contributed by atoms with Gasteiger partial charge < -0.3 is 0 Å². The van der Waals surface area contributed by atoms with E-state index in [0.29, 0.717) is 0 Å². The standard InChI is InChI=1S/C62H32S2/c1-3-19-55-38(13-1)40-23-21-35(27-57(40)63-55)47-29-48-37(49-30-50-42-15-5-9-33-10-6-16-43(59(33)42)51(50)31-53(47)49)25-26-45-52(48)32-54-44-17-7-11-34-12-8-18-46(60(34)44)62(54)61(45)36-22-24-41-39-14-2-4-20-56(39)64-58(41)28-36/h1-32H. The van der Waals surface area contributed by atoms with Gasteiger partial charge in [-0.15, -0.1) is 22.7 Å². The maximum Gasteiger partial charge on any atom is 0.0361 e. The number of thiophene rings is 2. The summed E-state index contributed by atoms with van der Waals surface area (Å²) in [5, 5.41) is 18.4. The van der Waals surface area contributed by atoms with Crippen LogP contribution < -0.4 is 0 Å². The molecule has 0 radical (unpaired) electrons. The Bertz CT molecular complexity index is 4470. The second-order valence-electron chi connectivity index (χ2n) is 17.8. The maximum absolute atomic E-state index is 2.54. The van der Waals surface area contributed by atoms with Crippen LogP contribution in [0.15, 0.2) is 194 Å². The average molecular weight is 841 g/mol. The second kappa shape index (κ2) is 12.1. The van der Waals surface area contributed by atoms with Gasteiger partial charge in [0, 0.05) is 40.3 Å². The molecule has 0 nitrogen and oxygen atoms in total. The molecule has 0 bridgehead atoms. The number of benzene rings is 12. The van der Waals surface area contributed by atoms with E-state index in [9.17, 15) is 0 Å². The van der Waals surface area contributed by atoms with Crippen LogP contribution in [0.2, 0.25) is 0 Å². The van der Waals surface area contributed by atoms with Crippen LogP contribution in [-0.2, 0) is 0 Å². The van der Waals surface area contributed by atoms with E-state index in [-0.39, 0.29) is 0 Å². The van der Waals surface area contributed by atoms with Crippen LogP contribution in [0.4, 0.5) is 0 Å². The number of hydrogen-bond acceptors (Lipinski definition) is 2. The molecule has 2 aliphatic carbocycles. The highest BCUT2D eigenvalue weighted by Gasteiger charge is 2.29. The zero-order valence-corrected chi connectivity index (χ0v) is 35.9. The molecule has 0 amide bonds. The largest absolute Gasteiger partial charge is 0.135 e. The van der Waals surface area contributed by atoms with E-state index in [4.69, 9.17) is 0 Å². The first-order chi connectivity index (χ1) is 31.7. The van der Waals surface area contributed by atoms with E-state index in [1.54, 1.807) is 0 Å². The Balaban J connectivity index is 1.06. The van der Waals surface area contributed by atoms with Crippen molar-refractivity contribution in [2.24, 2.45) is 0 Å². The zero-order chi connectivity index (χ0) is 41.4. The summed E-state index contributed by atoms with van der Waals surface area (Å²) in [6.07, 6.45) is 0. The number of hydrogen-bond donors (Lipinski definition) is 0. The Labute approximate surface area is 375 Å². The van der Waals surface area contributed by atoms with Gasteiger partial charge in [0.25, 0.3) is 0 Å². The molecule has 0 fully saturated rings. The van der Waals surface area contributed by atoms with Crippen LogP contribution in [-0.4, -0.2) is 0 Å². The van der Waals surface area contributed by atoms with E-state index >= 15 is 0 Å². The smallest absolute Gasteiger partial charge is 0.0361 e. The summed E-state index contributed by atoms with van der Waals surface area (Å²) in [4.78, 5) is 0. The molecule has 2 aliphatic rings. The summed E-state index contributed by atoms with van der Waals surface area (Å²) in [5.74, 6) is 0. The second-order valence-corrected chi connectivity index (χ2v) is 20.0. The van der Waals surface area contributed by atoms with Crippen LogP contribution >= 0.6 is 22.7 Å². The van der Waals surface area contributed by atoms with Crippen LogP contribution in [0, 0.1) is 0 Å². The molecule has 0 aliphatic heterocycles. The number of rotatable bonds is 2. The lowest BCUT2D eigenvalue weighted by atomic mass is 9.84. The highest BCUT2D eigenvalue weighted by atomic mass is 32.1. The molecule has 2 heterocycles. The molecule has 12 aromatic carbocycles. The Morgan fingerprint density at radius 3 is 1.34 bits per heavy atom. The van der Waals surface area contributed by atoms with Crippen molar-refractivity contribution in [2.45, 2.75) is 0 Å². The summed E-state index contributed by atoms with van der Waals surface area (Å²) in [5.41, 5.74) is 15.8. The summed E-state index contributed by atoms with van der Waals surface area (Å²) in [6.45, 7) is 0. The summed E-state index contributed by atoms with van der Waals surface area (Å²) in [6, 6.07) is 74.4. The van der Waals surface area contributed by atoms with Gasteiger partial charge in [-0.05, 0) is 169 Å². The van der Waals surface area contributed by atoms with Crippen molar-refractivity contribution in [3.05, 3.63) is 194 Å². The van der Waals surface area contributed by atoms with Gasteiger partial charge in [-0.2, -0.15) is 0 Å². The third-order valence-corrected chi connectivity index (χ3v) is 17.0. The molecule has 2 aromatic heterocycles. The first-order valence-corrected chi connectivity index (χ1v) is 23.8. The molecular weight excluding hydrogens is 809 g/mol. The zero-order valence-electron chi connectivity index (χ0n) is 34.3. The Morgan fingerprint density at radius 2 is 0.672 bits per heavy atom. The fourth-order valence-electron chi connectivity index (χ4n) is 12.0. The third-order valence-electron chi connectivity index (χ3n) is 14.7. The fourth-order valence-corrected chi connectivity index (χ4v) is 14.3. The predicted octanol–water partition coefficient (Wildman–Crippen LogP) is 18.8. The predicted molar refractivity (Wildman–Crippen MR) is 279 cm³/mol. The molecule has 14 aromatic rings. The molecule has 0 saturated carbocycles. The van der Waals surface area contributed by atoms with Crippen LogP contribution in [0.1, 0.15) is 0 Å². The van der Waals surface area contributed by atoms with Crippen LogP contribution in [0.3, 0.4) is 0 Å². The molecule has 16 rings (SSSR count). The van der Waals surface area contributed by atoms with Crippen LogP contribution in [0.5, 0.6) is 0 Å². The molecule has 0 spiro atoms. The Hall–Kier alpha value is -7.62. The SMILES string of the molecule is c1cc2c3c(cccc3c1)-c1cc3c(cc1-2)c(-c1ccc2c(c1)sc1ccccc12)cc1c2cc4c(c(-c5ccc6c(c5)sc5ccccc56)c2ccc31)-c1cccc2cccc-4c12. The van der Waals surface area contributed by atoms with Crippen molar-refractivity contribution >= 4 is 117 Å². The molecular formula is C62H32S2. The van der Waals surface area contributed by atoms with Crippen molar-refractivity contribution in [2.75, 3.05) is 0 Å². The molecule has 64 heavy (non-hydrogen) atoms. The van der Waals surface area contributed by atoms with Gasteiger partial charge in [0.05, 0.1) is 0 Å². The van der Waals surface area contributed by atoms with Gasteiger partial charge in [0.1, 0.15) is 0 Å². The van der Waals surface area contributed by atoms with Crippen molar-refractivity contribution in [3.8, 4) is 66.8 Å². The quantitative estimate of drug-likeness (QED) is 0.152. The summed E-state index contributed by atoms with van der Waals surface area (Å²) in [7, 11) is 0. The van der Waals surface area contributed by atoms with Gasteiger partial charge in [-0.25, -0.2) is 0 Å². The minimum absolute atomic E-state index is 1.25. The van der Waals surface area contributed by atoms with E-state index in [1.807, 2.05) is 22.7 Å². The molecule has 0 N–H and O–H groups in total. The van der Waals surface area contributed by atoms with Crippen LogP contribution in [0.25, 0.3) is 161 Å². The van der Waals surface area contributed by atoms with Crippen molar-refractivity contribution in [1.82, 2.24) is 0 Å². The van der Waals surface area contributed by atoms with Crippen molar-refractivity contribution in [1.29, 1.82) is 0 Å². The van der Waals surface area contributed by atoms with E-state index in [1.165, 1.54) is 161 Å². The molecule has 0 saturated heterocycles. The highest BCUT2D eigenvalue weighted by molar-refractivity contribution is 7.26. The van der Waals surface area contributed by atoms with E-state index in [0.717, 1.165) is 0 Å². The van der Waals surface area contributed by atoms with Gasteiger partial charge in [-0.1, -0.05) is 146 Å². The minimum Gasteiger partial charge on any atom is -0.135 e. The lowest BCUT2D eigenvalue weighted by molar-refractivity contribution is 1.69. The number of fused-ring (bicyclic) bond motifs is 17. The Kier molecular flexibility index (Phi) is 6.41. The lowest BCUT2D eigenvalue weighted by Gasteiger charge is -2.19.